The van der Waals surface area contributed by atoms with Gasteiger partial charge >= 0.3 is 0 Å². The molecule has 1 aliphatic heterocycles. The summed E-state index contributed by atoms with van der Waals surface area (Å²) >= 11 is 0. The summed E-state index contributed by atoms with van der Waals surface area (Å²) in [5.74, 6) is 0.910. The quantitative estimate of drug-likeness (QED) is 0.612. The topological polar surface area (TPSA) is 32.8 Å². The molecule has 2 aromatic carbocycles. The summed E-state index contributed by atoms with van der Waals surface area (Å²) in [6.07, 6.45) is 1.98. The van der Waals surface area contributed by atoms with E-state index in [4.69, 9.17) is 4.74 Å². The van der Waals surface area contributed by atoms with Gasteiger partial charge in [-0.2, -0.15) is 0 Å². The van der Waals surface area contributed by atoms with Gasteiger partial charge in [0, 0.05) is 31.8 Å². The van der Waals surface area contributed by atoms with Crippen LogP contribution in [0.1, 0.15) is 18.1 Å². The third-order valence-corrected chi connectivity index (χ3v) is 4.85. The van der Waals surface area contributed by atoms with Crippen LogP contribution >= 0.6 is 0 Å². The number of likely N-dealkylation sites (N-methyl/N-ethyl adjacent to an activating group) is 1. The minimum Gasteiger partial charge on any atom is -0.497 e. The second kappa shape index (κ2) is 8.68. The normalized spacial score (nSPS) is 15.8. The van der Waals surface area contributed by atoms with Gasteiger partial charge in [0.25, 0.3) is 5.91 Å². The largest absolute Gasteiger partial charge is 0.497 e. The van der Waals surface area contributed by atoms with Crippen LogP contribution in [0.4, 0.5) is 0 Å². The highest BCUT2D eigenvalue weighted by Crippen LogP contribution is 2.23. The van der Waals surface area contributed by atoms with E-state index in [9.17, 15) is 4.79 Å². The van der Waals surface area contributed by atoms with Crippen LogP contribution in [0, 0.1) is 0 Å². The lowest BCUT2D eigenvalue weighted by Gasteiger charge is -2.34. The van der Waals surface area contributed by atoms with E-state index in [-0.39, 0.29) is 5.91 Å². The Morgan fingerprint density at radius 2 is 1.65 bits per heavy atom. The molecule has 0 N–H and O–H groups in total. The molecule has 0 aliphatic carbocycles. The molecule has 1 saturated heterocycles. The monoisotopic (exact) mass is 350 g/mol. The predicted molar refractivity (Wildman–Crippen MR) is 106 cm³/mol. The van der Waals surface area contributed by atoms with Crippen LogP contribution in [-0.2, 0) is 4.79 Å². The minimum absolute atomic E-state index is 0.0998. The Bertz CT molecular complexity index is 745. The number of piperazine rings is 1. The number of hydrogen-bond donors (Lipinski definition) is 0. The third-order valence-electron chi connectivity index (χ3n) is 4.85. The average Bonchev–Trinajstić information content (AvgIpc) is 2.72. The molecule has 0 aromatic heterocycles. The average molecular weight is 350 g/mol. The number of amides is 1. The summed E-state index contributed by atoms with van der Waals surface area (Å²) in [6, 6.07) is 17.7. The van der Waals surface area contributed by atoms with Crippen molar-refractivity contribution in [2.24, 2.45) is 0 Å². The zero-order chi connectivity index (χ0) is 18.4. The first-order valence-electron chi connectivity index (χ1n) is 9.14. The van der Waals surface area contributed by atoms with Crippen molar-refractivity contribution in [2.75, 3.05) is 39.8 Å². The second-order valence-corrected chi connectivity index (χ2v) is 6.42. The number of rotatable bonds is 5. The highest BCUT2D eigenvalue weighted by molar-refractivity contribution is 6.24. The molecule has 0 atom stereocenters. The van der Waals surface area contributed by atoms with E-state index >= 15 is 0 Å². The van der Waals surface area contributed by atoms with Gasteiger partial charge in [-0.3, -0.25) is 4.79 Å². The van der Waals surface area contributed by atoms with Crippen molar-refractivity contribution in [1.82, 2.24) is 9.80 Å². The number of methoxy groups -OCH3 is 1. The van der Waals surface area contributed by atoms with E-state index in [1.54, 1.807) is 7.11 Å². The van der Waals surface area contributed by atoms with Crippen LogP contribution < -0.4 is 4.74 Å². The van der Waals surface area contributed by atoms with Crippen LogP contribution in [0.2, 0.25) is 0 Å². The van der Waals surface area contributed by atoms with Crippen molar-refractivity contribution in [3.8, 4) is 5.75 Å². The Morgan fingerprint density at radius 1 is 1.00 bits per heavy atom. The van der Waals surface area contributed by atoms with Gasteiger partial charge in [0.05, 0.1) is 7.11 Å². The first-order valence-corrected chi connectivity index (χ1v) is 9.14. The van der Waals surface area contributed by atoms with Crippen molar-refractivity contribution < 1.29 is 9.53 Å². The highest BCUT2D eigenvalue weighted by atomic mass is 16.5. The molecule has 4 nitrogen and oxygen atoms in total. The van der Waals surface area contributed by atoms with E-state index in [2.05, 4.69) is 11.8 Å². The molecule has 1 fully saturated rings. The van der Waals surface area contributed by atoms with Crippen LogP contribution in [-0.4, -0.2) is 55.5 Å². The molecule has 0 saturated carbocycles. The Labute approximate surface area is 155 Å². The van der Waals surface area contributed by atoms with Crippen LogP contribution in [0.15, 0.2) is 54.6 Å². The van der Waals surface area contributed by atoms with Gasteiger partial charge in [0.1, 0.15) is 5.75 Å². The van der Waals surface area contributed by atoms with E-state index in [1.807, 2.05) is 65.6 Å². The fraction of sp³-hybridized carbons (Fsp3) is 0.318. The Balaban J connectivity index is 1.88. The smallest absolute Gasteiger partial charge is 0.254 e. The molecule has 0 spiro atoms. The molecule has 0 unspecified atom stereocenters. The molecule has 136 valence electrons. The number of hydrogen-bond acceptors (Lipinski definition) is 3. The molecule has 1 amide bonds. The van der Waals surface area contributed by atoms with Gasteiger partial charge in [-0.1, -0.05) is 49.4 Å². The first-order chi connectivity index (χ1) is 12.7. The fourth-order valence-electron chi connectivity index (χ4n) is 3.19. The molecule has 3 rings (SSSR count). The van der Waals surface area contributed by atoms with Crippen molar-refractivity contribution in [2.45, 2.75) is 6.92 Å². The first kappa shape index (κ1) is 18.2. The number of carbonyl (C=O) groups is 1. The summed E-state index contributed by atoms with van der Waals surface area (Å²) in [7, 11) is 1.65. The van der Waals surface area contributed by atoms with Gasteiger partial charge < -0.3 is 14.5 Å². The Hall–Kier alpha value is -2.59. The maximum absolute atomic E-state index is 13.2. The summed E-state index contributed by atoms with van der Waals surface area (Å²) in [5, 5.41) is 0. The number of benzene rings is 2. The molecule has 0 bridgehead atoms. The second-order valence-electron chi connectivity index (χ2n) is 6.42. The van der Waals surface area contributed by atoms with Gasteiger partial charge in [-0.05, 0) is 35.9 Å². The lowest BCUT2D eigenvalue weighted by Crippen LogP contribution is -2.48. The van der Waals surface area contributed by atoms with Gasteiger partial charge in [0.15, 0.2) is 0 Å². The lowest BCUT2D eigenvalue weighted by molar-refractivity contribution is -0.126. The number of ether oxygens (including phenoxy) is 1. The summed E-state index contributed by atoms with van der Waals surface area (Å²) in [4.78, 5) is 17.6. The molecule has 0 radical (unpaired) electrons. The Morgan fingerprint density at radius 3 is 2.23 bits per heavy atom. The summed E-state index contributed by atoms with van der Waals surface area (Å²) in [5.41, 5.74) is 2.68. The van der Waals surface area contributed by atoms with Crippen molar-refractivity contribution in [1.29, 1.82) is 0 Å². The lowest BCUT2D eigenvalue weighted by atomic mass is 10.0. The molecule has 2 aromatic rings. The maximum atomic E-state index is 13.2. The van der Waals surface area contributed by atoms with Crippen molar-refractivity contribution in [3.63, 3.8) is 0 Å². The van der Waals surface area contributed by atoms with Gasteiger partial charge in [-0.15, -0.1) is 0 Å². The van der Waals surface area contributed by atoms with E-state index in [1.165, 1.54) is 0 Å². The van der Waals surface area contributed by atoms with Crippen LogP contribution in [0.5, 0.6) is 5.75 Å². The zero-order valence-corrected chi connectivity index (χ0v) is 15.5. The van der Waals surface area contributed by atoms with Crippen molar-refractivity contribution in [3.05, 3.63) is 65.7 Å². The maximum Gasteiger partial charge on any atom is 0.254 e. The SMILES string of the molecule is CCN1CCN(C(=O)C(=Cc2ccc(OC)cc2)c2ccccc2)CC1. The number of nitrogens with zero attached hydrogens (tertiary/aromatic N) is 2. The molecule has 1 heterocycles. The molecule has 4 heteroatoms. The number of carbonyl (C=O) groups excluding carboxylic acids is 1. The summed E-state index contributed by atoms with van der Waals surface area (Å²) in [6.45, 7) is 6.63. The fourth-order valence-corrected chi connectivity index (χ4v) is 3.19. The standard InChI is InChI=1S/C22H26N2O2/c1-3-23-13-15-24(16-14-23)22(25)21(19-7-5-4-6-8-19)17-18-9-11-20(26-2)12-10-18/h4-12,17H,3,13-16H2,1-2H3. The van der Waals surface area contributed by atoms with Gasteiger partial charge in [0.2, 0.25) is 0 Å². The predicted octanol–water partition coefficient (Wildman–Crippen LogP) is 3.40. The van der Waals surface area contributed by atoms with Crippen LogP contribution in [0.3, 0.4) is 0 Å². The summed E-state index contributed by atoms with van der Waals surface area (Å²) < 4.78 is 5.22. The molecular formula is C22H26N2O2. The highest BCUT2D eigenvalue weighted by Gasteiger charge is 2.23. The Kier molecular flexibility index (Phi) is 6.08. The van der Waals surface area contributed by atoms with E-state index in [0.29, 0.717) is 0 Å². The molecule has 1 aliphatic rings. The third kappa shape index (κ3) is 4.33. The van der Waals surface area contributed by atoms with Crippen LogP contribution in [0.25, 0.3) is 11.6 Å². The molecular weight excluding hydrogens is 324 g/mol. The zero-order valence-electron chi connectivity index (χ0n) is 15.5. The van der Waals surface area contributed by atoms with E-state index in [0.717, 1.165) is 55.2 Å². The molecule has 26 heavy (non-hydrogen) atoms. The van der Waals surface area contributed by atoms with Crippen molar-refractivity contribution >= 4 is 17.6 Å². The van der Waals surface area contributed by atoms with E-state index < -0.39 is 0 Å². The minimum atomic E-state index is 0.0998. The van der Waals surface area contributed by atoms with Gasteiger partial charge in [-0.25, -0.2) is 0 Å².